The molecule has 0 heterocycles. The maximum Gasteiger partial charge on any atom is 0.143 e. The Morgan fingerprint density at radius 3 is 2.71 bits per heavy atom. The Balaban J connectivity index is 2.54. The maximum atomic E-state index is 6.03. The number of aryl methyl sites for hydroxylation is 1. The number of rotatable bonds is 7. The summed E-state index contributed by atoms with van der Waals surface area (Å²) in [5.41, 5.74) is 1.99. The van der Waals surface area contributed by atoms with Crippen LogP contribution in [-0.2, 0) is 4.74 Å². The maximum absolute atomic E-state index is 6.03. The van der Waals surface area contributed by atoms with Crippen LogP contribution in [0, 0.1) is 6.92 Å². The van der Waals surface area contributed by atoms with Crippen molar-refractivity contribution in [3.05, 3.63) is 22.7 Å². The fourth-order valence-electron chi connectivity index (χ4n) is 1.47. The Morgan fingerprint density at radius 2 is 2.06 bits per heavy atom. The molecule has 0 saturated heterocycles. The summed E-state index contributed by atoms with van der Waals surface area (Å²) in [7, 11) is 1.64. The van der Waals surface area contributed by atoms with Crippen molar-refractivity contribution >= 4 is 17.3 Å². The first-order valence-corrected chi connectivity index (χ1v) is 6.22. The van der Waals surface area contributed by atoms with Crippen molar-refractivity contribution in [2.75, 3.05) is 32.2 Å². The summed E-state index contributed by atoms with van der Waals surface area (Å²) in [5, 5.41) is 4.00. The molecule has 1 aromatic rings. The number of benzene rings is 1. The first kappa shape index (κ1) is 14.1. The minimum atomic E-state index is 0.693. The van der Waals surface area contributed by atoms with Gasteiger partial charge in [-0.25, -0.2) is 0 Å². The number of hydrogen-bond donors (Lipinski definition) is 1. The van der Waals surface area contributed by atoms with Crippen LogP contribution in [-0.4, -0.2) is 26.9 Å². The molecule has 0 fully saturated rings. The highest BCUT2D eigenvalue weighted by molar-refractivity contribution is 6.31. The lowest BCUT2D eigenvalue weighted by Crippen LogP contribution is -2.10. The van der Waals surface area contributed by atoms with Gasteiger partial charge >= 0.3 is 0 Å². The van der Waals surface area contributed by atoms with Gasteiger partial charge in [0.2, 0.25) is 0 Å². The molecule has 0 aliphatic carbocycles. The number of halogens is 1. The largest absolute Gasteiger partial charge is 0.495 e. The second-order valence-electron chi connectivity index (χ2n) is 3.84. The minimum absolute atomic E-state index is 0.693. The molecular formula is C13H20ClNO2. The van der Waals surface area contributed by atoms with Crippen molar-refractivity contribution in [3.8, 4) is 5.75 Å². The van der Waals surface area contributed by atoms with Crippen LogP contribution in [0.25, 0.3) is 0 Å². The van der Waals surface area contributed by atoms with Crippen LogP contribution in [0.15, 0.2) is 12.1 Å². The monoisotopic (exact) mass is 257 g/mol. The summed E-state index contributed by atoms with van der Waals surface area (Å²) in [6, 6.07) is 3.81. The molecule has 0 aliphatic rings. The Bertz CT molecular complexity index is 356. The Kier molecular flexibility index (Phi) is 6.16. The van der Waals surface area contributed by atoms with Gasteiger partial charge in [-0.15, -0.1) is 0 Å². The lowest BCUT2D eigenvalue weighted by molar-refractivity contribution is 0.144. The molecule has 0 spiro atoms. The van der Waals surface area contributed by atoms with E-state index in [9.17, 15) is 0 Å². The second kappa shape index (κ2) is 7.41. The van der Waals surface area contributed by atoms with Crippen LogP contribution >= 0.6 is 11.6 Å². The molecule has 1 aromatic carbocycles. The van der Waals surface area contributed by atoms with Gasteiger partial charge in [-0.1, -0.05) is 18.5 Å². The van der Waals surface area contributed by atoms with E-state index in [0.29, 0.717) is 6.61 Å². The quantitative estimate of drug-likeness (QED) is 0.759. The van der Waals surface area contributed by atoms with Crippen molar-refractivity contribution in [3.63, 3.8) is 0 Å². The lowest BCUT2D eigenvalue weighted by atomic mass is 10.2. The average Bonchev–Trinajstić information content (AvgIpc) is 2.33. The first-order chi connectivity index (χ1) is 8.19. The molecule has 96 valence electrons. The van der Waals surface area contributed by atoms with Gasteiger partial charge in [-0.3, -0.25) is 0 Å². The standard InChI is InChI=1S/C13H20ClNO2/c1-4-6-17-7-5-15-12-8-10(2)11(14)9-13(12)16-3/h8-9,15H,4-7H2,1-3H3. The highest BCUT2D eigenvalue weighted by Gasteiger charge is 2.06. The molecule has 0 radical (unpaired) electrons. The molecule has 4 heteroatoms. The van der Waals surface area contributed by atoms with E-state index >= 15 is 0 Å². The molecule has 0 amide bonds. The van der Waals surface area contributed by atoms with E-state index in [1.54, 1.807) is 7.11 Å². The van der Waals surface area contributed by atoms with Crippen LogP contribution in [0.3, 0.4) is 0 Å². The molecule has 0 saturated carbocycles. The fraction of sp³-hybridized carbons (Fsp3) is 0.538. The zero-order valence-electron chi connectivity index (χ0n) is 10.7. The van der Waals surface area contributed by atoms with E-state index in [0.717, 1.165) is 41.6 Å². The highest BCUT2D eigenvalue weighted by Crippen LogP contribution is 2.30. The zero-order chi connectivity index (χ0) is 12.7. The molecule has 0 bridgehead atoms. The number of hydrogen-bond acceptors (Lipinski definition) is 3. The van der Waals surface area contributed by atoms with E-state index in [1.165, 1.54) is 0 Å². The van der Waals surface area contributed by atoms with Gasteiger partial charge in [0.05, 0.1) is 19.4 Å². The van der Waals surface area contributed by atoms with E-state index in [4.69, 9.17) is 21.1 Å². The first-order valence-electron chi connectivity index (χ1n) is 5.84. The number of ether oxygens (including phenoxy) is 2. The second-order valence-corrected chi connectivity index (χ2v) is 4.25. The summed E-state index contributed by atoms with van der Waals surface area (Å²) < 4.78 is 10.7. The van der Waals surface area contributed by atoms with Crippen LogP contribution < -0.4 is 10.1 Å². The molecule has 1 rings (SSSR count). The van der Waals surface area contributed by atoms with Gasteiger partial charge in [0, 0.05) is 24.2 Å². The Morgan fingerprint density at radius 1 is 1.29 bits per heavy atom. The predicted molar refractivity (Wildman–Crippen MR) is 72.3 cm³/mol. The normalized spacial score (nSPS) is 10.4. The fourth-order valence-corrected chi connectivity index (χ4v) is 1.63. The van der Waals surface area contributed by atoms with Crippen LogP contribution in [0.5, 0.6) is 5.75 Å². The van der Waals surface area contributed by atoms with E-state index in [-0.39, 0.29) is 0 Å². The van der Waals surface area contributed by atoms with Gasteiger partial charge < -0.3 is 14.8 Å². The summed E-state index contributed by atoms with van der Waals surface area (Å²) in [5.74, 6) is 0.760. The Labute approximate surface area is 108 Å². The minimum Gasteiger partial charge on any atom is -0.495 e. The number of nitrogens with one attached hydrogen (secondary N) is 1. The van der Waals surface area contributed by atoms with Crippen LogP contribution in [0.4, 0.5) is 5.69 Å². The third-order valence-electron chi connectivity index (χ3n) is 2.39. The van der Waals surface area contributed by atoms with Crippen molar-refractivity contribution < 1.29 is 9.47 Å². The van der Waals surface area contributed by atoms with Crippen molar-refractivity contribution in [1.29, 1.82) is 0 Å². The summed E-state index contributed by atoms with van der Waals surface area (Å²) in [4.78, 5) is 0. The molecule has 1 N–H and O–H groups in total. The van der Waals surface area contributed by atoms with Gasteiger partial charge in [-0.05, 0) is 25.0 Å². The van der Waals surface area contributed by atoms with Crippen LogP contribution in [0.1, 0.15) is 18.9 Å². The van der Waals surface area contributed by atoms with E-state index < -0.39 is 0 Å². The SMILES string of the molecule is CCCOCCNc1cc(C)c(Cl)cc1OC. The molecule has 0 atom stereocenters. The van der Waals surface area contributed by atoms with E-state index in [1.807, 2.05) is 19.1 Å². The van der Waals surface area contributed by atoms with Gasteiger partial charge in [0.25, 0.3) is 0 Å². The molecule has 17 heavy (non-hydrogen) atoms. The molecule has 3 nitrogen and oxygen atoms in total. The average molecular weight is 258 g/mol. The molecular weight excluding hydrogens is 238 g/mol. The van der Waals surface area contributed by atoms with Gasteiger partial charge in [-0.2, -0.15) is 0 Å². The predicted octanol–water partition coefficient (Wildman–Crippen LogP) is 3.50. The van der Waals surface area contributed by atoms with Crippen molar-refractivity contribution in [1.82, 2.24) is 0 Å². The van der Waals surface area contributed by atoms with Gasteiger partial charge in [0.1, 0.15) is 5.75 Å². The molecule has 0 unspecified atom stereocenters. The number of anilines is 1. The lowest BCUT2D eigenvalue weighted by Gasteiger charge is -2.13. The highest BCUT2D eigenvalue weighted by atomic mass is 35.5. The topological polar surface area (TPSA) is 30.5 Å². The summed E-state index contributed by atoms with van der Waals surface area (Å²) in [6.45, 7) is 6.33. The molecule has 0 aliphatic heterocycles. The van der Waals surface area contributed by atoms with E-state index in [2.05, 4.69) is 12.2 Å². The van der Waals surface area contributed by atoms with Crippen molar-refractivity contribution in [2.24, 2.45) is 0 Å². The Hall–Kier alpha value is -0.930. The number of methoxy groups -OCH3 is 1. The third-order valence-corrected chi connectivity index (χ3v) is 2.80. The molecule has 0 aromatic heterocycles. The summed E-state index contributed by atoms with van der Waals surface area (Å²) >= 11 is 6.03. The van der Waals surface area contributed by atoms with Gasteiger partial charge in [0.15, 0.2) is 0 Å². The summed E-state index contributed by atoms with van der Waals surface area (Å²) in [6.07, 6.45) is 1.05. The third kappa shape index (κ3) is 4.44. The van der Waals surface area contributed by atoms with Crippen LogP contribution in [0.2, 0.25) is 5.02 Å². The van der Waals surface area contributed by atoms with Crippen molar-refractivity contribution in [2.45, 2.75) is 20.3 Å². The smallest absolute Gasteiger partial charge is 0.143 e. The zero-order valence-corrected chi connectivity index (χ0v) is 11.4.